The highest BCUT2D eigenvalue weighted by Crippen LogP contribution is 2.51. The predicted octanol–water partition coefficient (Wildman–Crippen LogP) is 3.10. The summed E-state index contributed by atoms with van der Waals surface area (Å²) in [5.74, 6) is 0. The van der Waals surface area contributed by atoms with Crippen molar-refractivity contribution in [1.29, 1.82) is 0 Å². The van der Waals surface area contributed by atoms with Crippen LogP contribution in [-0.2, 0) is 0 Å². The van der Waals surface area contributed by atoms with Gasteiger partial charge in [0.15, 0.2) is 0 Å². The van der Waals surface area contributed by atoms with Gasteiger partial charge in [-0.15, -0.1) is 0 Å². The number of rotatable bonds is 1. The zero-order chi connectivity index (χ0) is 12.7. The Balaban J connectivity index is 2.17. The normalized spacial score (nSPS) is 35.5. The average molecular weight is 239 g/mol. The Labute approximate surface area is 106 Å². The van der Waals surface area contributed by atoms with Crippen LogP contribution in [0.25, 0.3) is 0 Å². The summed E-state index contributed by atoms with van der Waals surface area (Å²) in [6.07, 6.45) is 6.78. The van der Waals surface area contributed by atoms with Crippen molar-refractivity contribution < 1.29 is 5.11 Å². The zero-order valence-corrected chi connectivity index (χ0v) is 12.0. The Bertz CT molecular complexity index is 261. The molecule has 0 radical (unpaired) electrons. The van der Waals surface area contributed by atoms with Crippen LogP contribution >= 0.6 is 0 Å². The predicted molar refractivity (Wildman–Crippen MR) is 72.0 cm³/mol. The monoisotopic (exact) mass is 239 g/mol. The van der Waals surface area contributed by atoms with E-state index in [1.807, 2.05) is 0 Å². The van der Waals surface area contributed by atoms with Crippen molar-refractivity contribution in [2.45, 2.75) is 77.9 Å². The summed E-state index contributed by atoms with van der Waals surface area (Å²) in [6.45, 7) is 10.3. The third-order valence-electron chi connectivity index (χ3n) is 4.49. The highest BCUT2D eigenvalue weighted by Gasteiger charge is 2.50. The van der Waals surface area contributed by atoms with Crippen LogP contribution in [0.4, 0.5) is 0 Å². The van der Waals surface area contributed by atoms with Crippen LogP contribution in [0, 0.1) is 10.8 Å². The Morgan fingerprint density at radius 3 is 2.00 bits per heavy atom. The first kappa shape index (κ1) is 13.4. The molecule has 1 atom stereocenters. The minimum atomic E-state index is -0.494. The van der Waals surface area contributed by atoms with Crippen molar-refractivity contribution >= 4 is 0 Å². The summed E-state index contributed by atoms with van der Waals surface area (Å²) >= 11 is 0. The van der Waals surface area contributed by atoms with E-state index in [1.54, 1.807) is 0 Å². The topological polar surface area (TPSA) is 32.3 Å². The zero-order valence-electron chi connectivity index (χ0n) is 12.0. The van der Waals surface area contributed by atoms with E-state index in [0.29, 0.717) is 6.04 Å². The van der Waals surface area contributed by atoms with E-state index in [2.05, 4.69) is 33.0 Å². The summed E-state index contributed by atoms with van der Waals surface area (Å²) in [5.41, 5.74) is 0.0247. The van der Waals surface area contributed by atoms with Crippen LogP contribution in [0.2, 0.25) is 0 Å². The molecular formula is C15H29NO. The fraction of sp³-hybridized carbons (Fsp3) is 1.00. The molecule has 17 heavy (non-hydrogen) atoms. The van der Waals surface area contributed by atoms with Gasteiger partial charge < -0.3 is 10.4 Å². The molecule has 0 amide bonds. The molecule has 0 aromatic rings. The highest BCUT2D eigenvalue weighted by molar-refractivity contribution is 5.04. The lowest BCUT2D eigenvalue weighted by Gasteiger charge is -2.53. The Hall–Kier alpha value is -0.0800. The lowest BCUT2D eigenvalue weighted by molar-refractivity contribution is -0.111. The van der Waals surface area contributed by atoms with E-state index in [9.17, 15) is 5.11 Å². The second kappa shape index (κ2) is 4.24. The third kappa shape index (κ3) is 3.03. The largest absolute Gasteiger partial charge is 0.388 e. The quantitative estimate of drug-likeness (QED) is 0.737. The molecule has 1 aliphatic heterocycles. The molecule has 1 saturated carbocycles. The maximum absolute atomic E-state index is 11.1. The van der Waals surface area contributed by atoms with Gasteiger partial charge in [-0.05, 0) is 49.5 Å². The fourth-order valence-electron chi connectivity index (χ4n) is 4.70. The highest BCUT2D eigenvalue weighted by atomic mass is 16.3. The van der Waals surface area contributed by atoms with Gasteiger partial charge in [0.25, 0.3) is 0 Å². The van der Waals surface area contributed by atoms with Gasteiger partial charge in [0.05, 0.1) is 5.60 Å². The lowest BCUT2D eigenvalue weighted by Crippen LogP contribution is -2.59. The van der Waals surface area contributed by atoms with Crippen molar-refractivity contribution in [3.8, 4) is 0 Å². The van der Waals surface area contributed by atoms with Crippen LogP contribution < -0.4 is 5.32 Å². The van der Waals surface area contributed by atoms with Gasteiger partial charge in [-0.1, -0.05) is 34.1 Å². The van der Waals surface area contributed by atoms with Crippen molar-refractivity contribution in [2.24, 2.45) is 10.8 Å². The summed E-state index contributed by atoms with van der Waals surface area (Å²) in [7, 11) is 0. The molecule has 2 aliphatic rings. The van der Waals surface area contributed by atoms with E-state index >= 15 is 0 Å². The van der Waals surface area contributed by atoms with Crippen LogP contribution in [0.15, 0.2) is 0 Å². The Morgan fingerprint density at radius 2 is 1.53 bits per heavy atom. The molecule has 2 heteroatoms. The number of nitrogens with one attached hydrogen (secondary N) is 1. The van der Waals surface area contributed by atoms with Crippen molar-refractivity contribution in [2.75, 3.05) is 6.54 Å². The number of hydrogen-bond donors (Lipinski definition) is 2. The third-order valence-corrected chi connectivity index (χ3v) is 4.49. The molecule has 0 spiro atoms. The molecule has 1 aliphatic carbocycles. The van der Waals surface area contributed by atoms with Gasteiger partial charge in [0.1, 0.15) is 0 Å². The summed E-state index contributed by atoms with van der Waals surface area (Å²) in [6, 6.07) is 0.315. The molecule has 1 heterocycles. The van der Waals surface area contributed by atoms with E-state index in [0.717, 1.165) is 25.8 Å². The minimum Gasteiger partial charge on any atom is -0.388 e. The maximum Gasteiger partial charge on any atom is 0.0810 e. The van der Waals surface area contributed by atoms with E-state index in [4.69, 9.17) is 0 Å². The van der Waals surface area contributed by atoms with Gasteiger partial charge in [0.2, 0.25) is 0 Å². The summed E-state index contributed by atoms with van der Waals surface area (Å²) in [5, 5.41) is 14.7. The smallest absolute Gasteiger partial charge is 0.0810 e. The molecular weight excluding hydrogens is 210 g/mol. The standard InChI is InChI=1S/C15H29NO/c1-13(2)9-14(3,4)11-15(17,10-13)12-7-5-6-8-16-12/h12,16-17H,5-11H2,1-4H3. The van der Waals surface area contributed by atoms with Gasteiger partial charge in [-0.2, -0.15) is 0 Å². The lowest BCUT2D eigenvalue weighted by atomic mass is 9.57. The second-order valence-corrected chi connectivity index (χ2v) is 7.96. The molecule has 0 aromatic heterocycles. The van der Waals surface area contributed by atoms with Crippen LogP contribution in [0.1, 0.15) is 66.2 Å². The van der Waals surface area contributed by atoms with Gasteiger partial charge >= 0.3 is 0 Å². The molecule has 2 fully saturated rings. The maximum atomic E-state index is 11.1. The van der Waals surface area contributed by atoms with Crippen molar-refractivity contribution in [3.63, 3.8) is 0 Å². The molecule has 2 N–H and O–H groups in total. The fourth-order valence-corrected chi connectivity index (χ4v) is 4.70. The molecule has 2 rings (SSSR count). The molecule has 1 unspecified atom stereocenters. The number of piperidine rings is 1. The van der Waals surface area contributed by atoms with Crippen molar-refractivity contribution in [1.82, 2.24) is 5.32 Å². The molecule has 1 saturated heterocycles. The Morgan fingerprint density at radius 1 is 0.941 bits per heavy atom. The van der Waals surface area contributed by atoms with Crippen molar-refractivity contribution in [3.05, 3.63) is 0 Å². The number of aliphatic hydroxyl groups is 1. The average Bonchev–Trinajstić information content (AvgIpc) is 2.13. The minimum absolute atomic E-state index is 0.260. The van der Waals surface area contributed by atoms with E-state index in [1.165, 1.54) is 19.3 Å². The molecule has 2 nitrogen and oxygen atoms in total. The van der Waals surface area contributed by atoms with Crippen LogP contribution in [0.3, 0.4) is 0 Å². The van der Waals surface area contributed by atoms with Gasteiger partial charge in [0, 0.05) is 6.04 Å². The summed E-state index contributed by atoms with van der Waals surface area (Å²) < 4.78 is 0. The van der Waals surface area contributed by atoms with Gasteiger partial charge in [-0.3, -0.25) is 0 Å². The Kier molecular flexibility index (Phi) is 3.33. The number of hydrogen-bond acceptors (Lipinski definition) is 2. The molecule has 0 bridgehead atoms. The van der Waals surface area contributed by atoms with Crippen LogP contribution in [-0.4, -0.2) is 23.3 Å². The molecule has 0 aromatic carbocycles. The molecule has 100 valence electrons. The first-order chi connectivity index (χ1) is 7.73. The summed E-state index contributed by atoms with van der Waals surface area (Å²) in [4.78, 5) is 0. The van der Waals surface area contributed by atoms with E-state index in [-0.39, 0.29) is 10.8 Å². The first-order valence-electron chi connectivity index (χ1n) is 7.18. The SMILES string of the molecule is CC1(C)CC(C)(C)CC(O)(C2CCCCN2)C1. The first-order valence-corrected chi connectivity index (χ1v) is 7.18. The second-order valence-electron chi connectivity index (χ2n) is 7.96. The van der Waals surface area contributed by atoms with E-state index < -0.39 is 5.60 Å². The van der Waals surface area contributed by atoms with Crippen LogP contribution in [0.5, 0.6) is 0 Å². The van der Waals surface area contributed by atoms with Gasteiger partial charge in [-0.25, -0.2) is 0 Å².